The molecule has 0 aromatic heterocycles. The molecular weight excluding hydrogens is 348 g/mol. The standard InChI is InChI=1S/C24H26N2S/c1-20(23-15-9-4-10-16-23)25-24(27)26(19-22-13-7-3-8-14-22)18-17-21-11-5-2-6-12-21/h2-16,20H,17-19H2,1H3,(H,25,27)/t20-/m1/s1. The fourth-order valence-electron chi connectivity index (χ4n) is 3.07. The Bertz CT molecular complexity index is 819. The van der Waals surface area contributed by atoms with Gasteiger partial charge in [0.1, 0.15) is 0 Å². The zero-order chi connectivity index (χ0) is 18.9. The molecule has 27 heavy (non-hydrogen) atoms. The molecule has 2 nitrogen and oxygen atoms in total. The highest BCUT2D eigenvalue weighted by Crippen LogP contribution is 2.13. The summed E-state index contributed by atoms with van der Waals surface area (Å²) in [5.74, 6) is 0. The number of nitrogens with zero attached hydrogens (tertiary/aromatic N) is 1. The van der Waals surface area contributed by atoms with Crippen molar-refractivity contribution in [3.8, 4) is 0 Å². The van der Waals surface area contributed by atoms with E-state index < -0.39 is 0 Å². The topological polar surface area (TPSA) is 15.3 Å². The van der Waals surface area contributed by atoms with E-state index in [0.717, 1.165) is 24.6 Å². The van der Waals surface area contributed by atoms with Crippen LogP contribution in [0.25, 0.3) is 0 Å². The van der Waals surface area contributed by atoms with Crippen LogP contribution in [0.15, 0.2) is 91.0 Å². The lowest BCUT2D eigenvalue weighted by atomic mass is 10.1. The summed E-state index contributed by atoms with van der Waals surface area (Å²) in [7, 11) is 0. The van der Waals surface area contributed by atoms with Gasteiger partial charge >= 0.3 is 0 Å². The first-order valence-electron chi connectivity index (χ1n) is 9.40. The van der Waals surface area contributed by atoms with E-state index in [4.69, 9.17) is 12.2 Å². The van der Waals surface area contributed by atoms with Crippen molar-refractivity contribution < 1.29 is 0 Å². The average Bonchev–Trinajstić information content (AvgIpc) is 2.73. The first-order chi connectivity index (χ1) is 13.2. The molecule has 0 saturated carbocycles. The third-order valence-corrected chi connectivity index (χ3v) is 5.03. The van der Waals surface area contributed by atoms with Crippen molar-refractivity contribution in [1.82, 2.24) is 10.2 Å². The number of nitrogens with one attached hydrogen (secondary N) is 1. The van der Waals surface area contributed by atoms with Gasteiger partial charge in [-0.3, -0.25) is 0 Å². The first-order valence-corrected chi connectivity index (χ1v) is 9.81. The van der Waals surface area contributed by atoms with Crippen molar-refractivity contribution >= 4 is 17.3 Å². The summed E-state index contributed by atoms with van der Waals surface area (Å²) < 4.78 is 0. The molecule has 1 N–H and O–H groups in total. The molecule has 3 rings (SSSR count). The number of hydrogen-bond acceptors (Lipinski definition) is 1. The molecule has 0 aliphatic carbocycles. The van der Waals surface area contributed by atoms with Gasteiger partial charge in [0.05, 0.1) is 6.04 Å². The molecule has 138 valence electrons. The predicted octanol–water partition coefficient (Wildman–Crippen LogP) is 5.37. The lowest BCUT2D eigenvalue weighted by Gasteiger charge is -2.28. The summed E-state index contributed by atoms with van der Waals surface area (Å²) in [6, 6.07) is 31.7. The van der Waals surface area contributed by atoms with Crippen LogP contribution < -0.4 is 5.32 Å². The van der Waals surface area contributed by atoms with E-state index >= 15 is 0 Å². The quantitative estimate of drug-likeness (QED) is 0.560. The summed E-state index contributed by atoms with van der Waals surface area (Å²) in [6.45, 7) is 3.84. The highest BCUT2D eigenvalue weighted by atomic mass is 32.1. The summed E-state index contributed by atoms with van der Waals surface area (Å²) >= 11 is 5.78. The second-order valence-corrected chi connectivity index (χ2v) is 7.11. The molecule has 0 heterocycles. The molecule has 0 unspecified atom stereocenters. The molecule has 0 radical (unpaired) electrons. The number of rotatable bonds is 7. The number of benzene rings is 3. The molecule has 1 atom stereocenters. The maximum Gasteiger partial charge on any atom is 0.169 e. The van der Waals surface area contributed by atoms with E-state index in [2.05, 4.69) is 96.0 Å². The van der Waals surface area contributed by atoms with Crippen LogP contribution in [0.4, 0.5) is 0 Å². The van der Waals surface area contributed by atoms with Gasteiger partial charge in [-0.15, -0.1) is 0 Å². The van der Waals surface area contributed by atoms with Gasteiger partial charge in [-0.1, -0.05) is 91.0 Å². The minimum atomic E-state index is 0.175. The molecule has 0 amide bonds. The Morgan fingerprint density at radius 2 is 1.33 bits per heavy atom. The Hall–Kier alpha value is -2.65. The Kier molecular flexibility index (Phi) is 7.00. The van der Waals surface area contributed by atoms with Crippen LogP contribution in [0.1, 0.15) is 29.7 Å². The highest BCUT2D eigenvalue weighted by molar-refractivity contribution is 7.80. The van der Waals surface area contributed by atoms with Crippen molar-refractivity contribution in [2.75, 3.05) is 6.54 Å². The molecular formula is C24H26N2S. The van der Waals surface area contributed by atoms with E-state index in [1.165, 1.54) is 16.7 Å². The fraction of sp³-hybridized carbons (Fsp3) is 0.208. The molecule has 3 heteroatoms. The first kappa shape index (κ1) is 19.1. The van der Waals surface area contributed by atoms with E-state index in [0.29, 0.717) is 0 Å². The van der Waals surface area contributed by atoms with E-state index in [1.807, 2.05) is 12.1 Å². The maximum absolute atomic E-state index is 5.78. The van der Waals surface area contributed by atoms with Gasteiger partial charge in [0.25, 0.3) is 0 Å². The largest absolute Gasteiger partial charge is 0.356 e. The van der Waals surface area contributed by atoms with Gasteiger partial charge in [-0.2, -0.15) is 0 Å². The molecule has 0 bridgehead atoms. The smallest absolute Gasteiger partial charge is 0.169 e. The van der Waals surface area contributed by atoms with Gasteiger partial charge in [0.15, 0.2) is 5.11 Å². The third kappa shape index (κ3) is 5.93. The summed E-state index contributed by atoms with van der Waals surface area (Å²) in [6.07, 6.45) is 0.967. The zero-order valence-electron chi connectivity index (χ0n) is 15.7. The summed E-state index contributed by atoms with van der Waals surface area (Å²) in [5.41, 5.74) is 3.83. The third-order valence-electron chi connectivity index (χ3n) is 4.66. The normalized spacial score (nSPS) is 11.6. The van der Waals surface area contributed by atoms with Gasteiger partial charge < -0.3 is 10.2 Å². The average molecular weight is 375 g/mol. The van der Waals surface area contributed by atoms with Crippen LogP contribution in [0.2, 0.25) is 0 Å². The maximum atomic E-state index is 5.78. The molecule has 3 aromatic carbocycles. The van der Waals surface area contributed by atoms with Crippen molar-refractivity contribution in [1.29, 1.82) is 0 Å². The monoisotopic (exact) mass is 374 g/mol. The van der Waals surface area contributed by atoms with Gasteiger partial charge in [-0.25, -0.2) is 0 Å². The highest BCUT2D eigenvalue weighted by Gasteiger charge is 2.14. The Morgan fingerprint density at radius 1 is 0.815 bits per heavy atom. The van der Waals surface area contributed by atoms with Crippen LogP contribution >= 0.6 is 12.2 Å². The molecule has 0 aliphatic rings. The fourth-order valence-corrected chi connectivity index (χ4v) is 3.40. The van der Waals surface area contributed by atoms with Gasteiger partial charge in [-0.05, 0) is 42.3 Å². The lowest BCUT2D eigenvalue weighted by molar-refractivity contribution is 0.403. The minimum absolute atomic E-state index is 0.175. The number of thiocarbonyl (C=S) groups is 1. The summed E-state index contributed by atoms with van der Waals surface area (Å²) in [5, 5.41) is 4.31. The predicted molar refractivity (Wildman–Crippen MR) is 118 cm³/mol. The summed E-state index contributed by atoms with van der Waals surface area (Å²) in [4.78, 5) is 2.26. The van der Waals surface area contributed by atoms with E-state index in [9.17, 15) is 0 Å². The van der Waals surface area contributed by atoms with Crippen LogP contribution in [0, 0.1) is 0 Å². The second kappa shape index (κ2) is 9.89. The Balaban J connectivity index is 1.68. The Morgan fingerprint density at radius 3 is 1.93 bits per heavy atom. The van der Waals surface area contributed by atoms with Crippen molar-refractivity contribution in [3.05, 3.63) is 108 Å². The zero-order valence-corrected chi connectivity index (χ0v) is 16.5. The van der Waals surface area contributed by atoms with Crippen molar-refractivity contribution in [3.63, 3.8) is 0 Å². The second-order valence-electron chi connectivity index (χ2n) is 6.72. The molecule has 0 spiro atoms. The van der Waals surface area contributed by atoms with Crippen LogP contribution in [-0.4, -0.2) is 16.6 Å². The van der Waals surface area contributed by atoms with Crippen LogP contribution in [-0.2, 0) is 13.0 Å². The SMILES string of the molecule is C[C@@H](NC(=S)N(CCc1ccccc1)Cc1ccccc1)c1ccccc1. The minimum Gasteiger partial charge on any atom is -0.356 e. The van der Waals surface area contributed by atoms with Crippen molar-refractivity contribution in [2.45, 2.75) is 25.9 Å². The molecule has 0 aliphatic heterocycles. The van der Waals surface area contributed by atoms with E-state index in [1.54, 1.807) is 0 Å². The van der Waals surface area contributed by atoms with Crippen molar-refractivity contribution in [2.24, 2.45) is 0 Å². The van der Waals surface area contributed by atoms with Gasteiger partial charge in [0, 0.05) is 13.1 Å². The van der Waals surface area contributed by atoms with Crippen LogP contribution in [0.5, 0.6) is 0 Å². The number of hydrogen-bond donors (Lipinski definition) is 1. The van der Waals surface area contributed by atoms with Crippen LogP contribution in [0.3, 0.4) is 0 Å². The molecule has 0 fully saturated rings. The Labute approximate surface area is 167 Å². The molecule has 0 saturated heterocycles. The lowest BCUT2D eigenvalue weighted by Crippen LogP contribution is -2.41. The molecule has 3 aromatic rings. The van der Waals surface area contributed by atoms with Gasteiger partial charge in [0.2, 0.25) is 0 Å². The van der Waals surface area contributed by atoms with E-state index in [-0.39, 0.29) is 6.04 Å².